The number of H-pyrrole nitrogens is 1. The number of nitrogen functional groups attached to an aromatic ring is 1. The number of hydrogen-bond acceptors (Lipinski definition) is 3. The zero-order valence-electron chi connectivity index (χ0n) is 9.83. The van der Waals surface area contributed by atoms with Gasteiger partial charge in [0.25, 0.3) is 5.91 Å². The Bertz CT molecular complexity index is 579. The molecule has 0 fully saturated rings. The normalized spacial score (nSPS) is 10.3. The quantitative estimate of drug-likeness (QED) is 0.745. The Balaban J connectivity index is 2.22. The van der Waals surface area contributed by atoms with Crippen LogP contribution in [0.5, 0.6) is 0 Å². The highest BCUT2D eigenvalue weighted by Crippen LogP contribution is 2.21. The minimum absolute atomic E-state index is 0.293. The molecule has 0 saturated heterocycles. The Morgan fingerprint density at radius 3 is 3.00 bits per heavy atom. The van der Waals surface area contributed by atoms with Crippen LogP contribution >= 0.6 is 11.6 Å². The van der Waals surface area contributed by atoms with Gasteiger partial charge in [-0.05, 0) is 24.6 Å². The topological polar surface area (TPSA) is 83.8 Å². The second kappa shape index (κ2) is 5.10. The van der Waals surface area contributed by atoms with Gasteiger partial charge in [0.05, 0.1) is 16.8 Å². The van der Waals surface area contributed by atoms with Gasteiger partial charge in [0, 0.05) is 11.3 Å². The van der Waals surface area contributed by atoms with Crippen molar-refractivity contribution in [2.45, 2.75) is 13.3 Å². The molecule has 0 radical (unpaired) electrons. The van der Waals surface area contributed by atoms with E-state index < -0.39 is 0 Å². The third-order valence-electron chi connectivity index (χ3n) is 2.58. The Hall–Kier alpha value is -2.01. The van der Waals surface area contributed by atoms with Crippen molar-refractivity contribution in [3.8, 4) is 0 Å². The Kier molecular flexibility index (Phi) is 3.53. The molecule has 0 saturated carbocycles. The highest BCUT2D eigenvalue weighted by Gasteiger charge is 2.13. The van der Waals surface area contributed by atoms with E-state index in [1.165, 1.54) is 0 Å². The summed E-state index contributed by atoms with van der Waals surface area (Å²) in [7, 11) is 0. The molecule has 0 unspecified atom stereocenters. The van der Waals surface area contributed by atoms with Crippen LogP contribution in [0.4, 0.5) is 11.5 Å². The first-order valence-corrected chi connectivity index (χ1v) is 5.88. The molecule has 2 aromatic rings. The lowest BCUT2D eigenvalue weighted by molar-refractivity contribution is 0.102. The first-order valence-electron chi connectivity index (χ1n) is 5.50. The van der Waals surface area contributed by atoms with Crippen molar-refractivity contribution in [3.63, 3.8) is 0 Å². The predicted molar refractivity (Wildman–Crippen MR) is 71.8 cm³/mol. The summed E-state index contributed by atoms with van der Waals surface area (Å²) >= 11 is 5.97. The van der Waals surface area contributed by atoms with Crippen molar-refractivity contribution in [1.29, 1.82) is 0 Å². The second-order valence-corrected chi connectivity index (χ2v) is 4.22. The van der Waals surface area contributed by atoms with Crippen molar-refractivity contribution >= 4 is 29.0 Å². The van der Waals surface area contributed by atoms with E-state index in [9.17, 15) is 4.79 Å². The van der Waals surface area contributed by atoms with Crippen molar-refractivity contribution < 1.29 is 4.79 Å². The first kappa shape index (κ1) is 12.4. The summed E-state index contributed by atoms with van der Waals surface area (Å²) in [5.74, 6) is 0.300. The van der Waals surface area contributed by atoms with Crippen LogP contribution < -0.4 is 11.1 Å². The number of carbonyl (C=O) groups is 1. The summed E-state index contributed by atoms with van der Waals surface area (Å²) in [5, 5.41) is 9.68. The predicted octanol–water partition coefficient (Wildman–Crippen LogP) is 2.46. The van der Waals surface area contributed by atoms with Gasteiger partial charge in [-0.3, -0.25) is 9.89 Å². The van der Waals surface area contributed by atoms with Gasteiger partial charge in [-0.1, -0.05) is 18.5 Å². The Morgan fingerprint density at radius 2 is 2.33 bits per heavy atom. The highest BCUT2D eigenvalue weighted by molar-refractivity contribution is 6.34. The maximum Gasteiger partial charge on any atom is 0.258 e. The number of carbonyl (C=O) groups excluding carboxylic acids is 1. The molecular formula is C12H13ClN4O. The zero-order valence-corrected chi connectivity index (χ0v) is 10.6. The van der Waals surface area contributed by atoms with E-state index in [2.05, 4.69) is 15.5 Å². The van der Waals surface area contributed by atoms with E-state index in [0.717, 1.165) is 12.0 Å². The molecular weight excluding hydrogens is 252 g/mol. The van der Waals surface area contributed by atoms with Gasteiger partial charge in [-0.15, -0.1) is 0 Å². The third-order valence-corrected chi connectivity index (χ3v) is 2.89. The highest BCUT2D eigenvalue weighted by atomic mass is 35.5. The fourth-order valence-electron chi connectivity index (χ4n) is 1.58. The summed E-state index contributed by atoms with van der Waals surface area (Å²) in [6.45, 7) is 1.98. The van der Waals surface area contributed by atoms with Gasteiger partial charge in [0.15, 0.2) is 0 Å². The van der Waals surface area contributed by atoms with Crippen molar-refractivity contribution in [2.75, 3.05) is 11.1 Å². The summed E-state index contributed by atoms with van der Waals surface area (Å²) in [6.07, 6.45) is 2.46. The van der Waals surface area contributed by atoms with Gasteiger partial charge in [0.1, 0.15) is 5.82 Å². The smallest absolute Gasteiger partial charge is 0.258 e. The van der Waals surface area contributed by atoms with E-state index in [1.54, 1.807) is 24.4 Å². The number of benzene rings is 1. The molecule has 0 bridgehead atoms. The number of aromatic nitrogens is 2. The maximum atomic E-state index is 12.0. The fraction of sp³-hybridized carbons (Fsp3) is 0.167. The molecule has 0 aliphatic rings. The first-order chi connectivity index (χ1) is 8.61. The molecule has 0 aliphatic heterocycles. The zero-order chi connectivity index (χ0) is 13.1. The van der Waals surface area contributed by atoms with Crippen molar-refractivity contribution in [2.24, 2.45) is 0 Å². The van der Waals surface area contributed by atoms with E-state index in [-0.39, 0.29) is 5.91 Å². The lowest BCUT2D eigenvalue weighted by Gasteiger charge is -2.06. The summed E-state index contributed by atoms with van der Waals surface area (Å²) < 4.78 is 0. The number of nitrogens with two attached hydrogens (primary N) is 1. The van der Waals surface area contributed by atoms with Crippen molar-refractivity contribution in [1.82, 2.24) is 10.2 Å². The molecule has 0 spiro atoms. The van der Waals surface area contributed by atoms with Crippen molar-refractivity contribution in [3.05, 3.63) is 40.5 Å². The lowest BCUT2D eigenvalue weighted by atomic mass is 10.2. The molecule has 2 rings (SSSR count). The molecule has 1 amide bonds. The maximum absolute atomic E-state index is 12.0. The molecule has 4 N–H and O–H groups in total. The average Bonchev–Trinajstić information content (AvgIpc) is 2.76. The average molecular weight is 265 g/mol. The number of aryl methyl sites for hydroxylation is 1. The molecule has 1 aromatic carbocycles. The monoisotopic (exact) mass is 264 g/mol. The van der Waals surface area contributed by atoms with Crippen LogP contribution in [0, 0.1) is 0 Å². The van der Waals surface area contributed by atoms with Crippen LogP contribution in [-0.4, -0.2) is 16.1 Å². The standard InChI is InChI=1S/C12H13ClN4O/c1-2-7-6-15-17-11(7)16-12(18)9-4-3-8(14)5-10(9)13/h3-6H,2,14H2,1H3,(H2,15,16,17,18). The number of hydrogen-bond donors (Lipinski definition) is 3. The van der Waals surface area contributed by atoms with Gasteiger partial charge >= 0.3 is 0 Å². The van der Waals surface area contributed by atoms with Crippen LogP contribution in [0.25, 0.3) is 0 Å². The van der Waals surface area contributed by atoms with E-state index in [1.807, 2.05) is 6.92 Å². The van der Waals surface area contributed by atoms with Crippen LogP contribution in [0.15, 0.2) is 24.4 Å². The molecule has 0 aliphatic carbocycles. The summed E-state index contributed by atoms with van der Waals surface area (Å²) in [6, 6.07) is 4.77. The van der Waals surface area contributed by atoms with Gasteiger partial charge < -0.3 is 11.1 Å². The third kappa shape index (κ3) is 2.46. The van der Waals surface area contributed by atoms with Gasteiger partial charge in [-0.25, -0.2) is 0 Å². The molecule has 18 heavy (non-hydrogen) atoms. The number of nitrogens with zero attached hydrogens (tertiary/aromatic N) is 1. The molecule has 0 atom stereocenters. The molecule has 94 valence electrons. The SMILES string of the molecule is CCc1cn[nH]c1NC(=O)c1ccc(N)cc1Cl. The Morgan fingerprint density at radius 1 is 1.56 bits per heavy atom. The lowest BCUT2D eigenvalue weighted by Crippen LogP contribution is -2.14. The second-order valence-electron chi connectivity index (χ2n) is 3.82. The number of nitrogens with one attached hydrogen (secondary N) is 2. The number of aromatic amines is 1. The van der Waals surface area contributed by atoms with Crippen LogP contribution in [-0.2, 0) is 6.42 Å². The molecule has 1 heterocycles. The number of amides is 1. The van der Waals surface area contributed by atoms with Gasteiger partial charge in [0.2, 0.25) is 0 Å². The van der Waals surface area contributed by atoms with Gasteiger partial charge in [-0.2, -0.15) is 5.10 Å². The largest absolute Gasteiger partial charge is 0.399 e. The van der Waals surface area contributed by atoms with Crippen LogP contribution in [0.3, 0.4) is 0 Å². The number of anilines is 2. The molecule has 1 aromatic heterocycles. The fourth-order valence-corrected chi connectivity index (χ4v) is 1.86. The Labute approximate surface area is 109 Å². The van der Waals surface area contributed by atoms with Crippen LogP contribution in [0.2, 0.25) is 5.02 Å². The van der Waals surface area contributed by atoms with E-state index >= 15 is 0 Å². The van der Waals surface area contributed by atoms with E-state index in [4.69, 9.17) is 17.3 Å². The summed E-state index contributed by atoms with van der Waals surface area (Å²) in [4.78, 5) is 12.0. The van der Waals surface area contributed by atoms with Crippen LogP contribution in [0.1, 0.15) is 22.8 Å². The minimum atomic E-state index is -0.293. The molecule has 5 nitrogen and oxygen atoms in total. The van der Waals surface area contributed by atoms with E-state index in [0.29, 0.717) is 22.1 Å². The minimum Gasteiger partial charge on any atom is -0.399 e. The molecule has 6 heteroatoms. The summed E-state index contributed by atoms with van der Waals surface area (Å²) in [5.41, 5.74) is 7.41. The number of rotatable bonds is 3. The number of halogens is 1.